The molecular weight excluding hydrogens is 479 g/mol. The number of hydrogen-bond acceptors (Lipinski definition) is 4. The molecule has 2 heterocycles. The van der Waals surface area contributed by atoms with E-state index in [1.165, 1.54) is 24.8 Å². The Morgan fingerprint density at radius 2 is 1.93 bits per heavy atom. The second-order valence-corrected chi connectivity index (χ2v) is 7.01. The van der Waals surface area contributed by atoms with Crippen LogP contribution in [0.2, 0.25) is 0 Å². The zero-order valence-electron chi connectivity index (χ0n) is 17.4. The summed E-state index contributed by atoms with van der Waals surface area (Å²) in [5.41, 5.74) is 1.22. The van der Waals surface area contributed by atoms with E-state index < -0.39 is 0 Å². The maximum Gasteiger partial charge on any atom is 0.191 e. The fourth-order valence-corrected chi connectivity index (χ4v) is 3.70. The van der Waals surface area contributed by atoms with Crippen LogP contribution in [0.3, 0.4) is 0 Å². The van der Waals surface area contributed by atoms with Crippen LogP contribution in [-0.2, 0) is 6.54 Å². The Hall–Kier alpha value is -1.74. The lowest BCUT2D eigenvalue weighted by atomic mass is 10.0. The summed E-state index contributed by atoms with van der Waals surface area (Å²) in [6.45, 7) is 6.41. The lowest BCUT2D eigenvalue weighted by Crippen LogP contribution is -2.44. The quantitative estimate of drug-likeness (QED) is 0.316. The standard InChI is InChI=1S/C22H32N4O2.HI/c1-3-23-22(24-16-18-10-9-15-28-18)25-17-20(26-13-7-4-8-14-26)19-11-5-6-12-21(19)27-2;/h5-6,9-12,15,20H,3-4,7-8,13-14,16-17H2,1-2H3,(H2,23,24,25);1H. The smallest absolute Gasteiger partial charge is 0.191 e. The van der Waals surface area contributed by atoms with Crippen molar-refractivity contribution < 1.29 is 9.15 Å². The summed E-state index contributed by atoms with van der Waals surface area (Å²) >= 11 is 0. The van der Waals surface area contributed by atoms with Gasteiger partial charge in [-0.15, -0.1) is 24.0 Å². The predicted molar refractivity (Wildman–Crippen MR) is 128 cm³/mol. The van der Waals surface area contributed by atoms with Crippen molar-refractivity contribution >= 4 is 29.9 Å². The van der Waals surface area contributed by atoms with E-state index in [4.69, 9.17) is 9.15 Å². The van der Waals surface area contributed by atoms with Gasteiger partial charge in [-0.3, -0.25) is 4.90 Å². The third kappa shape index (κ3) is 6.92. The summed E-state index contributed by atoms with van der Waals surface area (Å²) in [6.07, 6.45) is 5.49. The molecule has 1 saturated heterocycles. The summed E-state index contributed by atoms with van der Waals surface area (Å²) in [7, 11) is 1.74. The minimum atomic E-state index is 0. The third-order valence-electron chi connectivity index (χ3n) is 5.11. The van der Waals surface area contributed by atoms with Gasteiger partial charge in [0, 0.05) is 18.7 Å². The molecular formula is C22H33IN4O2. The molecule has 1 unspecified atom stereocenters. The SMILES string of the molecule is CCNC(=NCc1ccco1)NCC(c1ccccc1OC)N1CCCCC1.I. The Balaban J connectivity index is 0.00000300. The molecule has 2 N–H and O–H groups in total. The number of ether oxygens (including phenoxy) is 1. The van der Waals surface area contributed by atoms with Crippen LogP contribution >= 0.6 is 24.0 Å². The Bertz CT molecular complexity index is 730. The van der Waals surface area contributed by atoms with Gasteiger partial charge in [0.15, 0.2) is 5.96 Å². The van der Waals surface area contributed by atoms with Crippen LogP contribution in [0.4, 0.5) is 0 Å². The Kier molecular flexibility index (Phi) is 10.3. The highest BCUT2D eigenvalue weighted by Gasteiger charge is 2.25. The number of nitrogens with zero attached hydrogens (tertiary/aromatic N) is 2. The zero-order chi connectivity index (χ0) is 19.6. The first kappa shape index (κ1) is 23.5. The van der Waals surface area contributed by atoms with E-state index in [-0.39, 0.29) is 30.0 Å². The molecule has 3 rings (SSSR count). The van der Waals surface area contributed by atoms with E-state index in [0.717, 1.165) is 43.6 Å². The molecule has 1 atom stereocenters. The minimum absolute atomic E-state index is 0. The van der Waals surface area contributed by atoms with Gasteiger partial charge in [-0.25, -0.2) is 4.99 Å². The summed E-state index contributed by atoms with van der Waals surface area (Å²) in [4.78, 5) is 7.22. The molecule has 0 amide bonds. The molecule has 1 aromatic heterocycles. The van der Waals surface area contributed by atoms with Gasteiger partial charge < -0.3 is 19.8 Å². The van der Waals surface area contributed by atoms with Crippen molar-refractivity contribution in [2.75, 3.05) is 33.3 Å². The molecule has 0 saturated carbocycles. The molecule has 1 aromatic carbocycles. The first-order valence-electron chi connectivity index (χ1n) is 10.2. The summed E-state index contributed by atoms with van der Waals surface area (Å²) in [5, 5.41) is 6.86. The van der Waals surface area contributed by atoms with Gasteiger partial charge in [0.1, 0.15) is 18.1 Å². The van der Waals surface area contributed by atoms with E-state index in [9.17, 15) is 0 Å². The number of rotatable bonds is 8. The molecule has 0 spiro atoms. The van der Waals surface area contributed by atoms with E-state index in [2.05, 4.69) is 39.6 Å². The Morgan fingerprint density at radius 3 is 2.62 bits per heavy atom. The maximum absolute atomic E-state index is 5.66. The number of methoxy groups -OCH3 is 1. The molecule has 0 bridgehead atoms. The van der Waals surface area contributed by atoms with Crippen LogP contribution < -0.4 is 15.4 Å². The van der Waals surface area contributed by atoms with Crippen LogP contribution in [0.15, 0.2) is 52.1 Å². The van der Waals surface area contributed by atoms with Gasteiger partial charge in [-0.2, -0.15) is 0 Å². The predicted octanol–water partition coefficient (Wildman–Crippen LogP) is 4.19. The Morgan fingerprint density at radius 1 is 1.14 bits per heavy atom. The van der Waals surface area contributed by atoms with Crippen LogP contribution in [-0.4, -0.2) is 44.1 Å². The highest BCUT2D eigenvalue weighted by Crippen LogP contribution is 2.30. The average molecular weight is 512 g/mol. The number of piperidine rings is 1. The molecule has 0 aliphatic carbocycles. The normalized spacial score (nSPS) is 16.0. The third-order valence-corrected chi connectivity index (χ3v) is 5.11. The van der Waals surface area contributed by atoms with Gasteiger partial charge >= 0.3 is 0 Å². The molecule has 1 fully saturated rings. The highest BCUT2D eigenvalue weighted by atomic mass is 127. The topological polar surface area (TPSA) is 62.0 Å². The van der Waals surface area contributed by atoms with Gasteiger partial charge in [-0.05, 0) is 51.1 Å². The number of halogens is 1. The monoisotopic (exact) mass is 512 g/mol. The fourth-order valence-electron chi connectivity index (χ4n) is 3.70. The lowest BCUT2D eigenvalue weighted by Gasteiger charge is -2.35. The lowest BCUT2D eigenvalue weighted by molar-refractivity contribution is 0.161. The molecule has 1 aliphatic rings. The highest BCUT2D eigenvalue weighted by molar-refractivity contribution is 14.0. The summed E-state index contributed by atoms with van der Waals surface area (Å²) in [6, 6.07) is 12.4. The summed E-state index contributed by atoms with van der Waals surface area (Å²) < 4.78 is 11.1. The molecule has 2 aromatic rings. The van der Waals surface area contributed by atoms with E-state index in [0.29, 0.717) is 6.54 Å². The Labute approximate surface area is 191 Å². The van der Waals surface area contributed by atoms with Crippen molar-refractivity contribution in [3.8, 4) is 5.75 Å². The molecule has 0 radical (unpaired) electrons. The second-order valence-electron chi connectivity index (χ2n) is 7.01. The van der Waals surface area contributed by atoms with E-state index >= 15 is 0 Å². The van der Waals surface area contributed by atoms with Crippen molar-refractivity contribution in [2.45, 2.75) is 38.8 Å². The van der Waals surface area contributed by atoms with Gasteiger partial charge in [0.25, 0.3) is 0 Å². The van der Waals surface area contributed by atoms with Crippen LogP contribution in [0.25, 0.3) is 0 Å². The van der Waals surface area contributed by atoms with Crippen LogP contribution in [0.1, 0.15) is 43.6 Å². The molecule has 6 nitrogen and oxygen atoms in total. The second kappa shape index (κ2) is 12.7. The van der Waals surface area contributed by atoms with Crippen molar-refractivity contribution in [3.63, 3.8) is 0 Å². The number of hydrogen-bond donors (Lipinski definition) is 2. The number of nitrogens with one attached hydrogen (secondary N) is 2. The maximum atomic E-state index is 5.66. The molecule has 29 heavy (non-hydrogen) atoms. The fraction of sp³-hybridized carbons (Fsp3) is 0.500. The molecule has 7 heteroatoms. The number of furan rings is 1. The first-order valence-corrected chi connectivity index (χ1v) is 10.2. The number of likely N-dealkylation sites (tertiary alicyclic amines) is 1. The zero-order valence-corrected chi connectivity index (χ0v) is 19.7. The number of guanidine groups is 1. The van der Waals surface area contributed by atoms with Crippen molar-refractivity contribution in [1.29, 1.82) is 0 Å². The van der Waals surface area contributed by atoms with Crippen molar-refractivity contribution in [3.05, 3.63) is 54.0 Å². The van der Waals surface area contributed by atoms with Gasteiger partial charge in [0.2, 0.25) is 0 Å². The van der Waals surface area contributed by atoms with Gasteiger partial charge in [-0.1, -0.05) is 24.6 Å². The minimum Gasteiger partial charge on any atom is -0.496 e. The van der Waals surface area contributed by atoms with E-state index in [1.807, 2.05) is 24.3 Å². The molecule has 160 valence electrons. The molecule has 1 aliphatic heterocycles. The average Bonchev–Trinajstić information content (AvgIpc) is 3.27. The number of aliphatic imine (C=N–C) groups is 1. The number of benzene rings is 1. The first-order chi connectivity index (χ1) is 13.8. The van der Waals surface area contributed by atoms with Crippen LogP contribution in [0, 0.1) is 0 Å². The summed E-state index contributed by atoms with van der Waals surface area (Å²) in [5.74, 6) is 2.60. The van der Waals surface area contributed by atoms with Gasteiger partial charge in [0.05, 0.1) is 19.4 Å². The van der Waals surface area contributed by atoms with Crippen molar-refractivity contribution in [1.82, 2.24) is 15.5 Å². The largest absolute Gasteiger partial charge is 0.496 e. The van der Waals surface area contributed by atoms with E-state index in [1.54, 1.807) is 13.4 Å². The van der Waals surface area contributed by atoms with Crippen molar-refractivity contribution in [2.24, 2.45) is 4.99 Å². The number of para-hydroxylation sites is 1. The van der Waals surface area contributed by atoms with Crippen LogP contribution in [0.5, 0.6) is 5.75 Å².